The molecule has 1 aliphatic carbocycles. The van der Waals surface area contributed by atoms with Gasteiger partial charge in [0.2, 0.25) is 11.1 Å². The van der Waals surface area contributed by atoms with Crippen molar-refractivity contribution in [2.24, 2.45) is 0 Å². The summed E-state index contributed by atoms with van der Waals surface area (Å²) >= 11 is 1.39. The molecule has 122 valence electrons. The summed E-state index contributed by atoms with van der Waals surface area (Å²) in [5, 5.41) is 15.5. The van der Waals surface area contributed by atoms with E-state index in [0.717, 1.165) is 32.3 Å². The first-order valence-corrected chi connectivity index (χ1v) is 9.10. The summed E-state index contributed by atoms with van der Waals surface area (Å²) in [6.45, 7) is 1.48. The van der Waals surface area contributed by atoms with E-state index in [9.17, 15) is 4.79 Å². The van der Waals surface area contributed by atoms with Crippen molar-refractivity contribution in [2.75, 3.05) is 12.4 Å². The zero-order valence-corrected chi connectivity index (χ0v) is 13.6. The van der Waals surface area contributed by atoms with Gasteiger partial charge in [-0.2, -0.15) is 0 Å². The van der Waals surface area contributed by atoms with Crippen LogP contribution in [0.25, 0.3) is 0 Å². The van der Waals surface area contributed by atoms with Gasteiger partial charge in [-0.15, -0.1) is 5.10 Å². The third-order valence-electron chi connectivity index (χ3n) is 4.20. The molecule has 1 atom stereocenters. The van der Waals surface area contributed by atoms with E-state index in [1.165, 1.54) is 31.0 Å². The first kappa shape index (κ1) is 15.7. The lowest BCUT2D eigenvalue weighted by molar-refractivity contribution is -0.119. The second-order valence-electron chi connectivity index (χ2n) is 5.97. The lowest BCUT2D eigenvalue weighted by Gasteiger charge is -2.22. The number of aromatic nitrogens is 4. The van der Waals surface area contributed by atoms with Crippen LogP contribution in [0.3, 0.4) is 0 Å². The zero-order chi connectivity index (χ0) is 15.2. The molecular weight excluding hydrogens is 302 g/mol. The molecule has 2 heterocycles. The minimum atomic E-state index is 0.0727. The smallest absolute Gasteiger partial charge is 0.230 e. The highest BCUT2D eigenvalue weighted by Crippen LogP contribution is 2.20. The van der Waals surface area contributed by atoms with Gasteiger partial charge in [0.15, 0.2) is 0 Å². The molecule has 1 N–H and O–H groups in total. The highest BCUT2D eigenvalue weighted by atomic mass is 32.2. The molecule has 2 fully saturated rings. The Kier molecular flexibility index (Phi) is 5.66. The molecule has 1 aromatic rings. The van der Waals surface area contributed by atoms with E-state index in [1.54, 1.807) is 4.68 Å². The monoisotopic (exact) mass is 325 g/mol. The van der Waals surface area contributed by atoms with Crippen LogP contribution in [0, 0.1) is 0 Å². The molecule has 0 aromatic carbocycles. The largest absolute Gasteiger partial charge is 0.376 e. The van der Waals surface area contributed by atoms with Crippen LogP contribution in [0.4, 0.5) is 0 Å². The molecule has 0 radical (unpaired) electrons. The van der Waals surface area contributed by atoms with Crippen molar-refractivity contribution in [3.8, 4) is 0 Å². The van der Waals surface area contributed by atoms with Crippen LogP contribution in [0.5, 0.6) is 0 Å². The molecule has 1 unspecified atom stereocenters. The number of nitrogens with one attached hydrogen (secondary N) is 1. The van der Waals surface area contributed by atoms with Crippen LogP contribution in [-0.4, -0.2) is 50.6 Å². The van der Waals surface area contributed by atoms with Crippen molar-refractivity contribution in [2.45, 2.75) is 68.8 Å². The van der Waals surface area contributed by atoms with Gasteiger partial charge >= 0.3 is 0 Å². The van der Waals surface area contributed by atoms with Crippen molar-refractivity contribution < 1.29 is 9.53 Å². The molecule has 1 aromatic heterocycles. The number of carbonyl (C=O) groups is 1. The van der Waals surface area contributed by atoms with Gasteiger partial charge < -0.3 is 10.1 Å². The summed E-state index contributed by atoms with van der Waals surface area (Å²) in [4.78, 5) is 12.0. The number of hydrogen-bond donors (Lipinski definition) is 1. The predicted octanol–water partition coefficient (Wildman–Crippen LogP) is 1.39. The van der Waals surface area contributed by atoms with Gasteiger partial charge in [0.05, 0.1) is 18.4 Å². The number of amides is 1. The number of carbonyl (C=O) groups excluding carboxylic acids is 1. The average Bonchev–Trinajstić information content (AvgIpc) is 3.19. The number of thioether (sulfide) groups is 1. The van der Waals surface area contributed by atoms with E-state index in [1.807, 2.05) is 0 Å². The molecule has 1 amide bonds. The van der Waals surface area contributed by atoms with Crippen molar-refractivity contribution >= 4 is 17.7 Å². The summed E-state index contributed by atoms with van der Waals surface area (Å²) in [5.74, 6) is 0.436. The maximum atomic E-state index is 12.0. The third kappa shape index (κ3) is 4.42. The van der Waals surface area contributed by atoms with Crippen LogP contribution in [-0.2, 0) is 16.1 Å². The van der Waals surface area contributed by atoms with Crippen LogP contribution < -0.4 is 5.32 Å². The molecule has 3 rings (SSSR count). The van der Waals surface area contributed by atoms with Crippen molar-refractivity contribution in [1.82, 2.24) is 25.5 Å². The van der Waals surface area contributed by atoms with Gasteiger partial charge in [-0.25, -0.2) is 4.68 Å². The second kappa shape index (κ2) is 7.92. The van der Waals surface area contributed by atoms with Crippen molar-refractivity contribution in [1.29, 1.82) is 0 Å². The van der Waals surface area contributed by atoms with Crippen LogP contribution >= 0.6 is 11.8 Å². The molecule has 2 aliphatic rings. The van der Waals surface area contributed by atoms with E-state index >= 15 is 0 Å². The standard InChI is InChI=1S/C14H23N5O2S/c20-13(15-11-5-2-1-3-6-11)10-22-14-16-17-18-19(14)9-12-7-4-8-21-12/h11-12H,1-10H2,(H,15,20). The van der Waals surface area contributed by atoms with Gasteiger partial charge in [0, 0.05) is 12.6 Å². The van der Waals surface area contributed by atoms with Crippen molar-refractivity contribution in [3.63, 3.8) is 0 Å². The lowest BCUT2D eigenvalue weighted by atomic mass is 9.95. The molecule has 8 heteroatoms. The number of tetrazole rings is 1. The van der Waals surface area contributed by atoms with E-state index in [4.69, 9.17) is 4.74 Å². The predicted molar refractivity (Wildman–Crippen MR) is 82.5 cm³/mol. The lowest BCUT2D eigenvalue weighted by Crippen LogP contribution is -2.37. The van der Waals surface area contributed by atoms with E-state index in [2.05, 4.69) is 20.8 Å². The molecule has 1 aliphatic heterocycles. The zero-order valence-electron chi connectivity index (χ0n) is 12.7. The number of rotatable bonds is 6. The van der Waals surface area contributed by atoms with Gasteiger partial charge in [-0.3, -0.25) is 4.79 Å². The number of hydrogen-bond acceptors (Lipinski definition) is 6. The maximum absolute atomic E-state index is 12.0. The summed E-state index contributed by atoms with van der Waals surface area (Å²) < 4.78 is 7.35. The second-order valence-corrected chi connectivity index (χ2v) is 6.91. The van der Waals surface area contributed by atoms with Gasteiger partial charge in [0.25, 0.3) is 0 Å². The van der Waals surface area contributed by atoms with Crippen LogP contribution in [0.1, 0.15) is 44.9 Å². The fraction of sp³-hybridized carbons (Fsp3) is 0.857. The Balaban J connectivity index is 1.44. The van der Waals surface area contributed by atoms with E-state index < -0.39 is 0 Å². The normalized spacial score (nSPS) is 22.8. The summed E-state index contributed by atoms with van der Waals surface area (Å²) in [6, 6.07) is 0.352. The molecule has 7 nitrogen and oxygen atoms in total. The van der Waals surface area contributed by atoms with Crippen molar-refractivity contribution in [3.05, 3.63) is 0 Å². The van der Waals surface area contributed by atoms with Gasteiger partial charge in [-0.1, -0.05) is 31.0 Å². The Morgan fingerprint density at radius 1 is 1.27 bits per heavy atom. The molecule has 0 spiro atoms. The summed E-state index contributed by atoms with van der Waals surface area (Å²) in [6.07, 6.45) is 8.28. The highest BCUT2D eigenvalue weighted by molar-refractivity contribution is 7.99. The third-order valence-corrected chi connectivity index (χ3v) is 5.16. The van der Waals surface area contributed by atoms with Gasteiger partial charge in [-0.05, 0) is 36.1 Å². The Morgan fingerprint density at radius 2 is 2.14 bits per heavy atom. The van der Waals surface area contributed by atoms with E-state index in [0.29, 0.717) is 23.5 Å². The molecule has 22 heavy (non-hydrogen) atoms. The molecule has 0 bridgehead atoms. The Morgan fingerprint density at radius 3 is 2.91 bits per heavy atom. The SMILES string of the molecule is O=C(CSc1nnnn1CC1CCCO1)NC1CCCCC1. The summed E-state index contributed by atoms with van der Waals surface area (Å²) in [7, 11) is 0. The first-order valence-electron chi connectivity index (χ1n) is 8.11. The Hall–Kier alpha value is -1.15. The van der Waals surface area contributed by atoms with E-state index in [-0.39, 0.29) is 12.0 Å². The highest BCUT2D eigenvalue weighted by Gasteiger charge is 2.20. The quantitative estimate of drug-likeness (QED) is 0.796. The Labute approximate surface area is 134 Å². The fourth-order valence-electron chi connectivity index (χ4n) is 3.04. The minimum absolute atomic E-state index is 0.0727. The van der Waals surface area contributed by atoms with Crippen LogP contribution in [0.2, 0.25) is 0 Å². The molecule has 1 saturated carbocycles. The van der Waals surface area contributed by atoms with Gasteiger partial charge in [0.1, 0.15) is 0 Å². The molecular formula is C14H23N5O2S. The molecule has 1 saturated heterocycles. The van der Waals surface area contributed by atoms with Crippen LogP contribution in [0.15, 0.2) is 5.16 Å². The first-order chi connectivity index (χ1) is 10.8. The number of ether oxygens (including phenoxy) is 1. The average molecular weight is 325 g/mol. The Bertz CT molecular complexity index is 483. The minimum Gasteiger partial charge on any atom is -0.376 e. The maximum Gasteiger partial charge on any atom is 0.230 e. The number of nitrogens with zero attached hydrogens (tertiary/aromatic N) is 4. The summed E-state index contributed by atoms with van der Waals surface area (Å²) in [5.41, 5.74) is 0. The fourth-order valence-corrected chi connectivity index (χ4v) is 3.74. The topological polar surface area (TPSA) is 81.9 Å².